The number of ether oxygens (including phenoxy) is 2. The molecule has 0 aromatic heterocycles. The molecule has 0 unspecified atom stereocenters. The molecular weight excluding hydrogens is 330 g/mol. The summed E-state index contributed by atoms with van der Waals surface area (Å²) in [6.45, 7) is 2.19. The van der Waals surface area contributed by atoms with E-state index in [1.54, 1.807) is 12.1 Å². The van der Waals surface area contributed by atoms with Gasteiger partial charge in [-0.25, -0.2) is 0 Å². The maximum Gasteiger partial charge on any atom is 0.271 e. The molecule has 0 spiro atoms. The number of hydrogen-bond acceptors (Lipinski definition) is 5. The Bertz CT molecular complexity index is 797. The van der Waals surface area contributed by atoms with E-state index >= 15 is 0 Å². The molecule has 0 saturated heterocycles. The minimum absolute atomic E-state index is 0.00613. The van der Waals surface area contributed by atoms with Crippen LogP contribution in [0.1, 0.15) is 18.5 Å². The maximum absolute atomic E-state index is 10.8. The summed E-state index contributed by atoms with van der Waals surface area (Å²) in [4.78, 5) is 10.4. The molecule has 1 aliphatic heterocycles. The molecule has 8 heteroatoms. The van der Waals surface area contributed by atoms with Crippen molar-refractivity contribution >= 4 is 28.7 Å². The first-order chi connectivity index (χ1) is 11.5. The van der Waals surface area contributed by atoms with Crippen LogP contribution in [0, 0.1) is 10.1 Å². The van der Waals surface area contributed by atoms with Gasteiger partial charge in [0, 0.05) is 17.8 Å². The summed E-state index contributed by atoms with van der Waals surface area (Å²) in [5.74, 6) is 1.43. The van der Waals surface area contributed by atoms with Crippen LogP contribution in [0.5, 0.6) is 11.5 Å². The topological polar surface area (TPSA) is 85.7 Å². The summed E-state index contributed by atoms with van der Waals surface area (Å²) >= 11 is 5.27. The van der Waals surface area contributed by atoms with Gasteiger partial charge in [-0.05, 0) is 42.9 Å². The average molecular weight is 345 g/mol. The van der Waals surface area contributed by atoms with Crippen molar-refractivity contribution in [1.29, 1.82) is 0 Å². The van der Waals surface area contributed by atoms with E-state index in [2.05, 4.69) is 10.6 Å². The van der Waals surface area contributed by atoms with Crippen LogP contribution in [-0.2, 0) is 0 Å². The number of nitro benzene ring substituents is 1. The number of benzene rings is 2. The molecule has 0 amide bonds. The van der Waals surface area contributed by atoms with Crippen LogP contribution >= 0.6 is 12.2 Å². The molecule has 0 aliphatic carbocycles. The SMILES string of the molecule is C[C@@H](NC(=S)Nc1cccc([N+](=O)[O-])c1)c1ccc2c(c1)OCO2. The lowest BCUT2D eigenvalue weighted by atomic mass is 10.1. The summed E-state index contributed by atoms with van der Waals surface area (Å²) in [7, 11) is 0. The van der Waals surface area contributed by atoms with Crippen molar-refractivity contribution in [3.05, 3.63) is 58.1 Å². The van der Waals surface area contributed by atoms with Crippen molar-refractivity contribution in [1.82, 2.24) is 5.32 Å². The van der Waals surface area contributed by atoms with Crippen LogP contribution in [0.3, 0.4) is 0 Å². The van der Waals surface area contributed by atoms with Crippen LogP contribution in [0.25, 0.3) is 0 Å². The Labute approximate surface area is 143 Å². The zero-order valence-corrected chi connectivity index (χ0v) is 13.6. The third-order valence-corrected chi connectivity index (χ3v) is 3.78. The third kappa shape index (κ3) is 3.54. The zero-order chi connectivity index (χ0) is 17.1. The normalized spacial score (nSPS) is 13.2. The highest BCUT2D eigenvalue weighted by molar-refractivity contribution is 7.80. The van der Waals surface area contributed by atoms with Gasteiger partial charge in [-0.3, -0.25) is 10.1 Å². The molecule has 1 heterocycles. The van der Waals surface area contributed by atoms with Crippen molar-refractivity contribution in [3.63, 3.8) is 0 Å². The largest absolute Gasteiger partial charge is 0.454 e. The van der Waals surface area contributed by atoms with Crippen LogP contribution in [0.4, 0.5) is 11.4 Å². The van der Waals surface area contributed by atoms with Crippen LogP contribution in [-0.4, -0.2) is 16.8 Å². The van der Waals surface area contributed by atoms with Crippen LogP contribution in [0.15, 0.2) is 42.5 Å². The second-order valence-corrected chi connectivity index (χ2v) is 5.65. The van der Waals surface area contributed by atoms with E-state index in [-0.39, 0.29) is 18.5 Å². The first-order valence-corrected chi connectivity index (χ1v) is 7.65. The van der Waals surface area contributed by atoms with E-state index in [9.17, 15) is 10.1 Å². The van der Waals surface area contributed by atoms with Gasteiger partial charge in [0.1, 0.15) is 0 Å². The molecular formula is C16H15N3O4S. The highest BCUT2D eigenvalue weighted by Crippen LogP contribution is 2.34. The monoisotopic (exact) mass is 345 g/mol. The van der Waals surface area contributed by atoms with E-state index in [0.29, 0.717) is 16.5 Å². The Morgan fingerprint density at radius 3 is 2.83 bits per heavy atom. The molecule has 24 heavy (non-hydrogen) atoms. The van der Waals surface area contributed by atoms with Crippen LogP contribution in [0.2, 0.25) is 0 Å². The fraction of sp³-hybridized carbons (Fsp3) is 0.188. The van der Waals surface area contributed by atoms with E-state index < -0.39 is 4.92 Å². The van der Waals surface area contributed by atoms with Gasteiger partial charge >= 0.3 is 0 Å². The van der Waals surface area contributed by atoms with Gasteiger partial charge in [-0.1, -0.05) is 12.1 Å². The van der Waals surface area contributed by atoms with Gasteiger partial charge in [0.25, 0.3) is 5.69 Å². The zero-order valence-electron chi connectivity index (χ0n) is 12.8. The average Bonchev–Trinajstić information content (AvgIpc) is 3.02. The second kappa shape index (κ2) is 6.71. The number of fused-ring (bicyclic) bond motifs is 1. The van der Waals surface area contributed by atoms with Crippen molar-refractivity contribution in [2.45, 2.75) is 13.0 Å². The lowest BCUT2D eigenvalue weighted by molar-refractivity contribution is -0.384. The number of thiocarbonyl (C=S) groups is 1. The Kier molecular flexibility index (Phi) is 4.48. The number of nitrogens with one attached hydrogen (secondary N) is 2. The van der Waals surface area contributed by atoms with Gasteiger partial charge < -0.3 is 20.1 Å². The molecule has 2 N–H and O–H groups in total. The Morgan fingerprint density at radius 1 is 1.25 bits per heavy atom. The van der Waals surface area contributed by atoms with E-state index in [1.165, 1.54) is 12.1 Å². The highest BCUT2D eigenvalue weighted by atomic mass is 32.1. The summed E-state index contributed by atoms with van der Waals surface area (Å²) in [5.41, 5.74) is 1.55. The van der Waals surface area contributed by atoms with Crippen molar-refractivity contribution in [2.75, 3.05) is 12.1 Å². The first kappa shape index (κ1) is 16.0. The van der Waals surface area contributed by atoms with Crippen molar-refractivity contribution in [3.8, 4) is 11.5 Å². The lowest BCUT2D eigenvalue weighted by Gasteiger charge is -2.17. The predicted molar refractivity (Wildman–Crippen MR) is 93.4 cm³/mol. The molecule has 2 aromatic rings. The second-order valence-electron chi connectivity index (χ2n) is 5.24. The fourth-order valence-corrected chi connectivity index (χ4v) is 2.62. The Morgan fingerprint density at radius 2 is 2.04 bits per heavy atom. The van der Waals surface area contributed by atoms with Gasteiger partial charge in [0.05, 0.1) is 11.0 Å². The number of nitrogens with zero attached hydrogens (tertiary/aromatic N) is 1. The number of hydrogen-bond donors (Lipinski definition) is 2. The molecule has 3 rings (SSSR count). The lowest BCUT2D eigenvalue weighted by Crippen LogP contribution is -2.30. The Hall–Kier alpha value is -2.87. The summed E-state index contributed by atoms with van der Waals surface area (Å²) in [6, 6.07) is 11.8. The van der Waals surface area contributed by atoms with Gasteiger partial charge in [0.2, 0.25) is 6.79 Å². The third-order valence-electron chi connectivity index (χ3n) is 3.56. The number of nitro groups is 1. The van der Waals surface area contributed by atoms with E-state index in [1.807, 2.05) is 25.1 Å². The molecule has 0 bridgehead atoms. The quantitative estimate of drug-likeness (QED) is 0.499. The minimum atomic E-state index is -0.448. The van der Waals surface area contributed by atoms with Gasteiger partial charge in [0.15, 0.2) is 16.6 Å². The molecule has 1 aliphatic rings. The molecule has 0 saturated carbocycles. The van der Waals surface area contributed by atoms with Crippen molar-refractivity contribution < 1.29 is 14.4 Å². The number of anilines is 1. The summed E-state index contributed by atoms with van der Waals surface area (Å²) < 4.78 is 10.7. The van der Waals surface area contributed by atoms with E-state index in [0.717, 1.165) is 11.3 Å². The minimum Gasteiger partial charge on any atom is -0.454 e. The molecule has 2 aromatic carbocycles. The highest BCUT2D eigenvalue weighted by Gasteiger charge is 2.16. The number of non-ortho nitro benzene ring substituents is 1. The van der Waals surface area contributed by atoms with E-state index in [4.69, 9.17) is 21.7 Å². The molecule has 1 atom stereocenters. The first-order valence-electron chi connectivity index (χ1n) is 7.24. The molecule has 124 valence electrons. The Balaban J connectivity index is 1.64. The molecule has 0 fully saturated rings. The molecule has 7 nitrogen and oxygen atoms in total. The maximum atomic E-state index is 10.8. The fourth-order valence-electron chi connectivity index (χ4n) is 2.33. The summed E-state index contributed by atoms with van der Waals surface area (Å²) in [6.07, 6.45) is 0. The van der Waals surface area contributed by atoms with Crippen molar-refractivity contribution in [2.24, 2.45) is 0 Å². The summed E-state index contributed by atoms with van der Waals surface area (Å²) in [5, 5.41) is 17.3. The smallest absolute Gasteiger partial charge is 0.271 e. The standard InChI is InChI=1S/C16H15N3O4S/c1-10(11-5-6-14-15(7-11)23-9-22-14)17-16(24)18-12-3-2-4-13(8-12)19(20)21/h2-8,10H,9H2,1H3,(H2,17,18,24)/t10-/m1/s1. The number of rotatable bonds is 4. The predicted octanol–water partition coefficient (Wildman–Crippen LogP) is 3.37. The molecule has 0 radical (unpaired) electrons. The van der Waals surface area contributed by atoms with Crippen LogP contribution < -0.4 is 20.1 Å². The van der Waals surface area contributed by atoms with Gasteiger partial charge in [-0.15, -0.1) is 0 Å². The van der Waals surface area contributed by atoms with Gasteiger partial charge in [-0.2, -0.15) is 0 Å².